The normalized spacial score (nSPS) is 11.8. The SMILES string of the molecule is CC(C)CCS(=O)(=O)N(CCCN)c1ccc(F)cc1. The van der Waals surface area contributed by atoms with Gasteiger partial charge in [-0.2, -0.15) is 0 Å². The molecule has 0 bridgehead atoms. The average molecular weight is 302 g/mol. The van der Waals surface area contributed by atoms with E-state index in [4.69, 9.17) is 5.73 Å². The molecule has 20 heavy (non-hydrogen) atoms. The molecular formula is C14H23FN2O2S. The second kappa shape index (κ2) is 7.59. The molecule has 0 atom stereocenters. The highest BCUT2D eigenvalue weighted by molar-refractivity contribution is 7.92. The van der Waals surface area contributed by atoms with Crippen molar-refractivity contribution in [1.82, 2.24) is 0 Å². The van der Waals surface area contributed by atoms with Crippen LogP contribution in [0, 0.1) is 11.7 Å². The van der Waals surface area contributed by atoms with E-state index < -0.39 is 10.0 Å². The third kappa shape index (κ3) is 5.09. The highest BCUT2D eigenvalue weighted by Crippen LogP contribution is 2.20. The summed E-state index contributed by atoms with van der Waals surface area (Å²) in [7, 11) is -3.40. The van der Waals surface area contributed by atoms with Gasteiger partial charge in [0.1, 0.15) is 5.82 Å². The Morgan fingerprint density at radius 1 is 1.25 bits per heavy atom. The Hall–Kier alpha value is -1.14. The molecule has 0 aliphatic carbocycles. The number of rotatable bonds is 8. The van der Waals surface area contributed by atoms with Crippen LogP contribution in [-0.4, -0.2) is 27.3 Å². The number of anilines is 1. The molecule has 0 aromatic heterocycles. The van der Waals surface area contributed by atoms with Crippen molar-refractivity contribution in [3.05, 3.63) is 30.1 Å². The first kappa shape index (κ1) is 16.9. The van der Waals surface area contributed by atoms with Gasteiger partial charge in [0.05, 0.1) is 11.4 Å². The van der Waals surface area contributed by atoms with E-state index in [2.05, 4.69) is 0 Å². The van der Waals surface area contributed by atoms with E-state index in [0.29, 0.717) is 37.5 Å². The van der Waals surface area contributed by atoms with Gasteiger partial charge >= 0.3 is 0 Å². The third-order valence-electron chi connectivity index (χ3n) is 2.97. The minimum absolute atomic E-state index is 0.0899. The number of hydrogen-bond donors (Lipinski definition) is 1. The van der Waals surface area contributed by atoms with Gasteiger partial charge in [0, 0.05) is 6.54 Å². The summed E-state index contributed by atoms with van der Waals surface area (Å²) >= 11 is 0. The maximum atomic E-state index is 13.0. The fourth-order valence-corrected chi connectivity index (χ4v) is 3.61. The highest BCUT2D eigenvalue weighted by Gasteiger charge is 2.22. The third-order valence-corrected chi connectivity index (χ3v) is 4.79. The molecular weight excluding hydrogens is 279 g/mol. The fraction of sp³-hybridized carbons (Fsp3) is 0.571. The fourth-order valence-electron chi connectivity index (χ4n) is 1.77. The molecule has 0 fully saturated rings. The van der Waals surface area contributed by atoms with Crippen molar-refractivity contribution in [2.75, 3.05) is 23.1 Å². The first-order chi connectivity index (χ1) is 9.36. The monoisotopic (exact) mass is 302 g/mol. The van der Waals surface area contributed by atoms with Gasteiger partial charge < -0.3 is 5.73 Å². The molecule has 0 saturated carbocycles. The van der Waals surface area contributed by atoms with Gasteiger partial charge in [-0.15, -0.1) is 0 Å². The van der Waals surface area contributed by atoms with Gasteiger partial charge in [0.25, 0.3) is 0 Å². The lowest BCUT2D eigenvalue weighted by molar-refractivity contribution is 0.568. The van der Waals surface area contributed by atoms with Crippen molar-refractivity contribution >= 4 is 15.7 Å². The first-order valence-corrected chi connectivity index (χ1v) is 8.44. The van der Waals surface area contributed by atoms with Gasteiger partial charge in [-0.1, -0.05) is 13.8 Å². The van der Waals surface area contributed by atoms with Gasteiger partial charge in [-0.3, -0.25) is 4.31 Å². The maximum absolute atomic E-state index is 13.0. The van der Waals surface area contributed by atoms with E-state index in [9.17, 15) is 12.8 Å². The topological polar surface area (TPSA) is 63.4 Å². The lowest BCUT2D eigenvalue weighted by atomic mass is 10.2. The summed E-state index contributed by atoms with van der Waals surface area (Å²) < 4.78 is 39.1. The Bertz CT molecular complexity index is 500. The second-order valence-electron chi connectivity index (χ2n) is 5.19. The molecule has 0 aliphatic heterocycles. The smallest absolute Gasteiger partial charge is 0.235 e. The Morgan fingerprint density at radius 2 is 1.85 bits per heavy atom. The summed E-state index contributed by atoms with van der Waals surface area (Å²) in [5.41, 5.74) is 5.95. The zero-order valence-electron chi connectivity index (χ0n) is 12.0. The lowest BCUT2D eigenvalue weighted by Gasteiger charge is -2.24. The summed E-state index contributed by atoms with van der Waals surface area (Å²) in [6.07, 6.45) is 1.17. The molecule has 0 aliphatic rings. The van der Waals surface area contributed by atoms with E-state index in [1.165, 1.54) is 28.6 Å². The van der Waals surface area contributed by atoms with Crippen LogP contribution in [0.1, 0.15) is 26.7 Å². The molecule has 0 spiro atoms. The van der Waals surface area contributed by atoms with Crippen LogP contribution in [0.25, 0.3) is 0 Å². The van der Waals surface area contributed by atoms with Crippen molar-refractivity contribution in [1.29, 1.82) is 0 Å². The number of nitrogens with zero attached hydrogens (tertiary/aromatic N) is 1. The van der Waals surface area contributed by atoms with E-state index in [1.807, 2.05) is 13.8 Å². The molecule has 6 heteroatoms. The summed E-state index contributed by atoms with van der Waals surface area (Å²) in [5, 5.41) is 0. The Balaban J connectivity index is 2.96. The van der Waals surface area contributed by atoms with Crippen LogP contribution >= 0.6 is 0 Å². The van der Waals surface area contributed by atoms with Crippen LogP contribution in [0.5, 0.6) is 0 Å². The number of hydrogen-bond acceptors (Lipinski definition) is 3. The number of halogens is 1. The lowest BCUT2D eigenvalue weighted by Crippen LogP contribution is -2.35. The van der Waals surface area contributed by atoms with Crippen LogP contribution < -0.4 is 10.0 Å². The summed E-state index contributed by atoms with van der Waals surface area (Å²) in [6.45, 7) is 4.70. The van der Waals surface area contributed by atoms with Crippen molar-refractivity contribution < 1.29 is 12.8 Å². The molecule has 0 saturated heterocycles. The molecule has 0 radical (unpaired) electrons. The van der Waals surface area contributed by atoms with E-state index in [0.717, 1.165) is 0 Å². The Labute approximate surface area is 120 Å². The van der Waals surface area contributed by atoms with Gasteiger partial charge in [-0.05, 0) is 49.6 Å². The van der Waals surface area contributed by atoms with Crippen LogP contribution in [0.3, 0.4) is 0 Å². The molecule has 114 valence electrons. The summed E-state index contributed by atoms with van der Waals surface area (Å²) in [6, 6.07) is 5.50. The Kier molecular flexibility index (Phi) is 6.42. The molecule has 1 rings (SSSR count). The first-order valence-electron chi connectivity index (χ1n) is 6.83. The quantitative estimate of drug-likeness (QED) is 0.802. The van der Waals surface area contributed by atoms with Gasteiger partial charge in [0.2, 0.25) is 10.0 Å². The van der Waals surface area contributed by atoms with Crippen LogP contribution in [0.4, 0.5) is 10.1 Å². The zero-order valence-corrected chi connectivity index (χ0v) is 12.9. The largest absolute Gasteiger partial charge is 0.330 e. The number of benzene rings is 1. The van der Waals surface area contributed by atoms with E-state index in [1.54, 1.807) is 0 Å². The standard InChI is InChI=1S/C14H23FN2O2S/c1-12(2)8-11-20(18,19)17(10-3-9-16)14-6-4-13(15)5-7-14/h4-7,12H,3,8-11,16H2,1-2H3. The van der Waals surface area contributed by atoms with Gasteiger partial charge in [-0.25, -0.2) is 12.8 Å². The number of sulfonamides is 1. The predicted molar refractivity (Wildman–Crippen MR) is 80.7 cm³/mol. The Morgan fingerprint density at radius 3 is 2.35 bits per heavy atom. The number of nitrogens with two attached hydrogens (primary N) is 1. The van der Waals surface area contributed by atoms with Crippen molar-refractivity contribution in [2.45, 2.75) is 26.7 Å². The maximum Gasteiger partial charge on any atom is 0.235 e. The van der Waals surface area contributed by atoms with Crippen LogP contribution in [0.2, 0.25) is 0 Å². The van der Waals surface area contributed by atoms with Crippen molar-refractivity contribution in [3.8, 4) is 0 Å². The summed E-state index contributed by atoms with van der Waals surface area (Å²) in [4.78, 5) is 0. The van der Waals surface area contributed by atoms with E-state index in [-0.39, 0.29) is 11.6 Å². The molecule has 4 nitrogen and oxygen atoms in total. The van der Waals surface area contributed by atoms with Crippen LogP contribution in [0.15, 0.2) is 24.3 Å². The molecule has 1 aromatic rings. The molecule has 2 N–H and O–H groups in total. The minimum atomic E-state index is -3.40. The molecule has 0 unspecified atom stereocenters. The van der Waals surface area contributed by atoms with E-state index >= 15 is 0 Å². The van der Waals surface area contributed by atoms with Gasteiger partial charge in [0.15, 0.2) is 0 Å². The highest BCUT2D eigenvalue weighted by atomic mass is 32.2. The minimum Gasteiger partial charge on any atom is -0.330 e. The summed E-state index contributed by atoms with van der Waals surface area (Å²) in [5.74, 6) is 0.0218. The second-order valence-corrected chi connectivity index (χ2v) is 7.20. The predicted octanol–water partition coefficient (Wildman–Crippen LogP) is 2.36. The van der Waals surface area contributed by atoms with Crippen molar-refractivity contribution in [2.24, 2.45) is 11.7 Å². The van der Waals surface area contributed by atoms with Crippen molar-refractivity contribution in [3.63, 3.8) is 0 Å². The van der Waals surface area contributed by atoms with Crippen LogP contribution in [-0.2, 0) is 10.0 Å². The molecule has 0 amide bonds. The molecule has 1 aromatic carbocycles. The zero-order chi connectivity index (χ0) is 15.2. The average Bonchev–Trinajstić information content (AvgIpc) is 2.39. The molecule has 0 heterocycles.